The lowest BCUT2D eigenvalue weighted by Crippen LogP contribution is -2.62. The number of halogens is 1. The Balaban J connectivity index is 2.12. The van der Waals surface area contributed by atoms with Crippen molar-refractivity contribution in [3.05, 3.63) is 0 Å². The summed E-state index contributed by atoms with van der Waals surface area (Å²) < 4.78 is 18.8. The SMILES string of the molecule is CO[C@@H]1CCC23CC[C@@H](C)[C@](C)(C12)[C@H](O)C[C@@](C)(CCCF)C(=O)[C@@H]3C. The van der Waals surface area contributed by atoms with Crippen molar-refractivity contribution in [1.29, 1.82) is 0 Å². The zero-order chi connectivity index (χ0) is 19.3. The summed E-state index contributed by atoms with van der Waals surface area (Å²) in [4.78, 5) is 13.6. The molecule has 3 aliphatic rings. The summed E-state index contributed by atoms with van der Waals surface area (Å²) in [5, 5.41) is 11.4. The van der Waals surface area contributed by atoms with Gasteiger partial charge in [0.05, 0.1) is 18.9 Å². The summed E-state index contributed by atoms with van der Waals surface area (Å²) in [6, 6.07) is 0. The molecule has 3 aliphatic carbocycles. The topological polar surface area (TPSA) is 46.5 Å². The molecule has 0 aromatic rings. The van der Waals surface area contributed by atoms with Crippen LogP contribution in [-0.2, 0) is 9.53 Å². The molecule has 0 aliphatic heterocycles. The molecule has 150 valence electrons. The molecule has 0 heterocycles. The highest BCUT2D eigenvalue weighted by molar-refractivity contribution is 5.87. The van der Waals surface area contributed by atoms with Gasteiger partial charge < -0.3 is 9.84 Å². The maximum atomic E-state index is 13.6. The van der Waals surface area contributed by atoms with E-state index in [0.717, 1.165) is 25.7 Å². The van der Waals surface area contributed by atoms with E-state index in [1.165, 1.54) is 0 Å². The lowest BCUT2D eigenvalue weighted by molar-refractivity contribution is -0.192. The Morgan fingerprint density at radius 1 is 1.23 bits per heavy atom. The van der Waals surface area contributed by atoms with Crippen molar-refractivity contribution in [3.8, 4) is 0 Å². The molecule has 0 radical (unpaired) electrons. The van der Waals surface area contributed by atoms with E-state index >= 15 is 0 Å². The fourth-order valence-electron chi connectivity index (χ4n) is 7.21. The van der Waals surface area contributed by atoms with Crippen LogP contribution < -0.4 is 0 Å². The highest BCUT2D eigenvalue weighted by atomic mass is 19.1. The highest BCUT2D eigenvalue weighted by Crippen LogP contribution is 2.68. The Bertz CT molecular complexity index is 552. The van der Waals surface area contributed by atoms with Gasteiger partial charge in [0.1, 0.15) is 5.78 Å². The van der Waals surface area contributed by atoms with Crippen molar-refractivity contribution >= 4 is 5.78 Å². The van der Waals surface area contributed by atoms with Crippen LogP contribution in [0.2, 0.25) is 0 Å². The van der Waals surface area contributed by atoms with Gasteiger partial charge >= 0.3 is 0 Å². The number of Topliss-reactive ketones (excluding diaryl/α,β-unsaturated/α-hetero) is 1. The maximum absolute atomic E-state index is 13.6. The van der Waals surface area contributed by atoms with E-state index < -0.39 is 18.2 Å². The minimum absolute atomic E-state index is 0.0587. The number of hydrogen-bond acceptors (Lipinski definition) is 3. The molecule has 3 saturated carbocycles. The second-order valence-corrected chi connectivity index (χ2v) is 9.99. The van der Waals surface area contributed by atoms with E-state index in [-0.39, 0.29) is 34.6 Å². The first-order chi connectivity index (χ1) is 12.2. The van der Waals surface area contributed by atoms with Crippen molar-refractivity contribution in [2.45, 2.75) is 84.8 Å². The lowest BCUT2D eigenvalue weighted by Gasteiger charge is -2.61. The number of carbonyl (C=O) groups is 1. The number of methoxy groups -OCH3 is 1. The fourth-order valence-corrected chi connectivity index (χ4v) is 7.21. The zero-order valence-corrected chi connectivity index (χ0v) is 17.2. The van der Waals surface area contributed by atoms with E-state index in [0.29, 0.717) is 25.2 Å². The largest absolute Gasteiger partial charge is 0.393 e. The number of ether oxygens (including phenoxy) is 1. The van der Waals surface area contributed by atoms with Gasteiger partial charge in [-0.15, -0.1) is 0 Å². The van der Waals surface area contributed by atoms with Crippen molar-refractivity contribution in [2.75, 3.05) is 13.8 Å². The number of alkyl halides is 1. The number of aliphatic hydroxyl groups excluding tert-OH is 1. The number of aliphatic hydroxyl groups is 1. The fraction of sp³-hybridized carbons (Fsp3) is 0.955. The van der Waals surface area contributed by atoms with Crippen molar-refractivity contribution < 1.29 is 19.0 Å². The number of hydrogen-bond donors (Lipinski definition) is 1. The quantitative estimate of drug-likeness (QED) is 0.791. The van der Waals surface area contributed by atoms with Crippen molar-refractivity contribution in [2.24, 2.45) is 34.0 Å². The monoisotopic (exact) mass is 368 g/mol. The Morgan fingerprint density at radius 2 is 1.88 bits per heavy atom. The Hall–Kier alpha value is -0.480. The maximum Gasteiger partial charge on any atom is 0.142 e. The summed E-state index contributed by atoms with van der Waals surface area (Å²) in [6.07, 6.45) is 4.98. The van der Waals surface area contributed by atoms with E-state index in [9.17, 15) is 14.3 Å². The molecule has 26 heavy (non-hydrogen) atoms. The standard InChI is InChI=1S/C22H37FO3/c1-14-7-10-22-11-8-16(26-5)18(22)21(14,4)17(24)13-20(3,9-6-12-23)19(25)15(22)2/h14-18,24H,6-13H2,1-5H3/t14-,15+,16-,17-,18?,20-,21+,22?/m1/s1. The molecule has 8 atom stereocenters. The van der Waals surface area contributed by atoms with Gasteiger partial charge in [-0.25, -0.2) is 0 Å². The summed E-state index contributed by atoms with van der Waals surface area (Å²) >= 11 is 0. The molecule has 4 heteroatoms. The summed E-state index contributed by atoms with van der Waals surface area (Å²) in [5.74, 6) is 0.778. The molecular formula is C22H37FO3. The van der Waals surface area contributed by atoms with Crippen LogP contribution in [-0.4, -0.2) is 36.9 Å². The Morgan fingerprint density at radius 3 is 2.50 bits per heavy atom. The Labute approximate surface area is 158 Å². The summed E-state index contributed by atoms with van der Waals surface area (Å²) in [5.41, 5.74) is -0.981. The van der Waals surface area contributed by atoms with Crippen LogP contribution in [0.3, 0.4) is 0 Å². The molecule has 1 N–H and O–H groups in total. The molecule has 0 aromatic heterocycles. The van der Waals surface area contributed by atoms with Gasteiger partial charge in [-0.2, -0.15) is 0 Å². The van der Waals surface area contributed by atoms with Crippen molar-refractivity contribution in [1.82, 2.24) is 0 Å². The number of ketones is 1. The molecule has 0 amide bonds. The normalized spacial score (nSPS) is 51.7. The van der Waals surface area contributed by atoms with Crippen LogP contribution in [0.25, 0.3) is 0 Å². The third kappa shape index (κ3) is 2.62. The third-order valence-corrected chi connectivity index (χ3v) is 9.04. The Kier molecular flexibility index (Phi) is 5.33. The molecule has 0 saturated heterocycles. The molecular weight excluding hydrogens is 331 g/mol. The van der Waals surface area contributed by atoms with Crippen LogP contribution in [0.1, 0.15) is 72.6 Å². The molecule has 0 spiro atoms. The molecule has 3 nitrogen and oxygen atoms in total. The first-order valence-corrected chi connectivity index (χ1v) is 10.5. The second kappa shape index (κ2) is 6.84. The van der Waals surface area contributed by atoms with Crippen LogP contribution >= 0.6 is 0 Å². The van der Waals surface area contributed by atoms with Gasteiger partial charge in [0.2, 0.25) is 0 Å². The predicted octanol–water partition coefficient (Wildman–Crippen LogP) is 4.56. The molecule has 3 fully saturated rings. The first kappa shape index (κ1) is 20.3. The van der Waals surface area contributed by atoms with Gasteiger partial charge in [0.15, 0.2) is 0 Å². The van der Waals surface area contributed by atoms with Gasteiger partial charge in [-0.3, -0.25) is 9.18 Å². The summed E-state index contributed by atoms with van der Waals surface area (Å²) in [6.45, 7) is 8.16. The van der Waals surface area contributed by atoms with Crippen molar-refractivity contribution in [3.63, 3.8) is 0 Å². The first-order valence-electron chi connectivity index (χ1n) is 10.5. The van der Waals surface area contributed by atoms with E-state index in [2.05, 4.69) is 20.8 Å². The van der Waals surface area contributed by atoms with Crippen LogP contribution in [0, 0.1) is 34.0 Å². The van der Waals surface area contributed by atoms with E-state index in [1.807, 2.05) is 6.92 Å². The molecule has 2 bridgehead atoms. The van der Waals surface area contributed by atoms with Gasteiger partial charge in [0.25, 0.3) is 0 Å². The summed E-state index contributed by atoms with van der Waals surface area (Å²) in [7, 11) is 1.77. The average Bonchev–Trinajstić information content (AvgIpc) is 3.02. The third-order valence-electron chi connectivity index (χ3n) is 9.04. The smallest absolute Gasteiger partial charge is 0.142 e. The van der Waals surface area contributed by atoms with Gasteiger partial charge in [0, 0.05) is 23.9 Å². The van der Waals surface area contributed by atoms with E-state index in [1.54, 1.807) is 7.11 Å². The zero-order valence-electron chi connectivity index (χ0n) is 17.2. The number of rotatable bonds is 4. The van der Waals surface area contributed by atoms with Gasteiger partial charge in [-0.05, 0) is 62.2 Å². The molecule has 0 aromatic carbocycles. The van der Waals surface area contributed by atoms with Crippen LogP contribution in [0.15, 0.2) is 0 Å². The van der Waals surface area contributed by atoms with Gasteiger partial charge in [-0.1, -0.05) is 27.7 Å². The second-order valence-electron chi connectivity index (χ2n) is 9.99. The minimum Gasteiger partial charge on any atom is -0.393 e. The number of carbonyl (C=O) groups excluding carboxylic acids is 1. The predicted molar refractivity (Wildman–Crippen MR) is 101 cm³/mol. The average molecular weight is 369 g/mol. The molecule has 3 rings (SSSR count). The minimum atomic E-state index is -0.633. The van der Waals surface area contributed by atoms with Crippen LogP contribution in [0.4, 0.5) is 4.39 Å². The lowest BCUT2D eigenvalue weighted by atomic mass is 9.44. The van der Waals surface area contributed by atoms with E-state index in [4.69, 9.17) is 4.74 Å². The van der Waals surface area contributed by atoms with Crippen LogP contribution in [0.5, 0.6) is 0 Å². The highest BCUT2D eigenvalue weighted by Gasteiger charge is 2.67. The molecule has 2 unspecified atom stereocenters.